The lowest BCUT2D eigenvalue weighted by molar-refractivity contribution is 0.230. The SMILES string of the molecule is CC(NCC(C)(C)C(C)C)c1ccncc1. The van der Waals surface area contributed by atoms with Crippen molar-refractivity contribution in [2.24, 2.45) is 11.3 Å². The van der Waals surface area contributed by atoms with E-state index in [4.69, 9.17) is 0 Å². The summed E-state index contributed by atoms with van der Waals surface area (Å²) in [5, 5.41) is 3.59. The van der Waals surface area contributed by atoms with Gasteiger partial charge in [-0.25, -0.2) is 0 Å². The van der Waals surface area contributed by atoms with Gasteiger partial charge in [0.25, 0.3) is 0 Å². The summed E-state index contributed by atoms with van der Waals surface area (Å²) < 4.78 is 0. The second kappa shape index (κ2) is 5.44. The number of pyridine rings is 1. The van der Waals surface area contributed by atoms with Crippen molar-refractivity contribution in [3.8, 4) is 0 Å². The fourth-order valence-electron chi connectivity index (χ4n) is 1.39. The molecular formula is C14H24N2. The largest absolute Gasteiger partial charge is 0.310 e. The third kappa shape index (κ3) is 3.60. The highest BCUT2D eigenvalue weighted by molar-refractivity contribution is 5.13. The molecule has 16 heavy (non-hydrogen) atoms. The van der Waals surface area contributed by atoms with Crippen LogP contribution in [0.3, 0.4) is 0 Å². The van der Waals surface area contributed by atoms with Crippen LogP contribution >= 0.6 is 0 Å². The normalized spacial score (nSPS) is 14.1. The smallest absolute Gasteiger partial charge is 0.0293 e. The predicted octanol–water partition coefficient (Wildman–Crippen LogP) is 3.41. The molecule has 1 rings (SSSR count). The third-order valence-electron chi connectivity index (χ3n) is 3.63. The minimum Gasteiger partial charge on any atom is -0.310 e. The van der Waals surface area contributed by atoms with Gasteiger partial charge in [-0.15, -0.1) is 0 Å². The highest BCUT2D eigenvalue weighted by Crippen LogP contribution is 2.25. The van der Waals surface area contributed by atoms with E-state index in [1.165, 1.54) is 5.56 Å². The van der Waals surface area contributed by atoms with E-state index in [0.717, 1.165) is 6.54 Å². The molecule has 0 amide bonds. The predicted molar refractivity (Wildman–Crippen MR) is 69.3 cm³/mol. The number of nitrogens with one attached hydrogen (secondary N) is 1. The van der Waals surface area contributed by atoms with Gasteiger partial charge in [-0.05, 0) is 36.0 Å². The molecule has 2 heteroatoms. The molecule has 0 aromatic carbocycles. The van der Waals surface area contributed by atoms with Gasteiger partial charge in [0.15, 0.2) is 0 Å². The van der Waals surface area contributed by atoms with Crippen LogP contribution in [0.4, 0.5) is 0 Å². The fourth-order valence-corrected chi connectivity index (χ4v) is 1.39. The van der Waals surface area contributed by atoms with Gasteiger partial charge in [0.2, 0.25) is 0 Å². The van der Waals surface area contributed by atoms with Gasteiger partial charge in [0, 0.05) is 25.0 Å². The molecule has 0 saturated heterocycles. The van der Waals surface area contributed by atoms with Crippen molar-refractivity contribution in [3.05, 3.63) is 30.1 Å². The monoisotopic (exact) mass is 220 g/mol. The molecule has 1 atom stereocenters. The van der Waals surface area contributed by atoms with E-state index in [2.05, 4.69) is 57.1 Å². The standard InChI is InChI=1S/C14H24N2/c1-11(2)14(4,5)10-16-12(3)13-6-8-15-9-7-13/h6-9,11-12,16H,10H2,1-5H3. The minimum atomic E-state index is 0.335. The molecule has 90 valence electrons. The van der Waals surface area contributed by atoms with E-state index in [0.29, 0.717) is 17.4 Å². The Hall–Kier alpha value is -0.890. The molecule has 0 radical (unpaired) electrons. The summed E-state index contributed by atoms with van der Waals surface area (Å²) in [5.41, 5.74) is 1.64. The van der Waals surface area contributed by atoms with Gasteiger partial charge in [-0.2, -0.15) is 0 Å². The number of hydrogen-bond donors (Lipinski definition) is 1. The molecule has 1 heterocycles. The molecule has 0 fully saturated rings. The van der Waals surface area contributed by atoms with Crippen LogP contribution in [0.25, 0.3) is 0 Å². The molecule has 1 unspecified atom stereocenters. The lowest BCUT2D eigenvalue weighted by Crippen LogP contribution is -2.34. The third-order valence-corrected chi connectivity index (χ3v) is 3.63. The Morgan fingerprint density at radius 1 is 1.19 bits per heavy atom. The number of nitrogens with zero attached hydrogens (tertiary/aromatic N) is 1. The Morgan fingerprint density at radius 2 is 1.75 bits per heavy atom. The summed E-state index contributed by atoms with van der Waals surface area (Å²) in [5.74, 6) is 0.685. The second-order valence-corrected chi connectivity index (χ2v) is 5.53. The Labute approximate surface area is 99.5 Å². The van der Waals surface area contributed by atoms with E-state index in [1.54, 1.807) is 0 Å². The molecule has 0 aliphatic carbocycles. The van der Waals surface area contributed by atoms with E-state index in [1.807, 2.05) is 12.4 Å². The summed E-state index contributed by atoms with van der Waals surface area (Å²) in [4.78, 5) is 4.04. The van der Waals surface area contributed by atoms with Crippen LogP contribution in [0.1, 0.15) is 46.2 Å². The van der Waals surface area contributed by atoms with Gasteiger partial charge in [-0.3, -0.25) is 4.98 Å². The summed E-state index contributed by atoms with van der Waals surface area (Å²) in [6, 6.07) is 4.53. The van der Waals surface area contributed by atoms with E-state index >= 15 is 0 Å². The van der Waals surface area contributed by atoms with Crippen molar-refractivity contribution in [2.75, 3.05) is 6.54 Å². The number of hydrogen-bond acceptors (Lipinski definition) is 2. The van der Waals surface area contributed by atoms with E-state index in [-0.39, 0.29) is 0 Å². The highest BCUT2D eigenvalue weighted by atomic mass is 14.9. The highest BCUT2D eigenvalue weighted by Gasteiger charge is 2.22. The zero-order valence-corrected chi connectivity index (χ0v) is 11.1. The molecule has 0 spiro atoms. The number of aromatic nitrogens is 1. The lowest BCUT2D eigenvalue weighted by atomic mass is 9.81. The molecule has 0 aliphatic heterocycles. The molecule has 1 aromatic heterocycles. The molecule has 1 N–H and O–H groups in total. The lowest BCUT2D eigenvalue weighted by Gasteiger charge is -2.31. The molecule has 2 nitrogen and oxygen atoms in total. The molecule has 0 aliphatic rings. The van der Waals surface area contributed by atoms with E-state index in [9.17, 15) is 0 Å². The van der Waals surface area contributed by atoms with Crippen molar-refractivity contribution in [1.82, 2.24) is 10.3 Å². The zero-order valence-electron chi connectivity index (χ0n) is 11.1. The van der Waals surface area contributed by atoms with Crippen LogP contribution in [0, 0.1) is 11.3 Å². The first kappa shape index (κ1) is 13.2. The van der Waals surface area contributed by atoms with Crippen LogP contribution in [0.5, 0.6) is 0 Å². The van der Waals surface area contributed by atoms with E-state index < -0.39 is 0 Å². The average molecular weight is 220 g/mol. The first-order chi connectivity index (χ1) is 7.43. The van der Waals surface area contributed by atoms with Crippen LogP contribution in [-0.4, -0.2) is 11.5 Å². The van der Waals surface area contributed by atoms with Gasteiger partial charge in [0.05, 0.1) is 0 Å². The van der Waals surface area contributed by atoms with Crippen molar-refractivity contribution in [1.29, 1.82) is 0 Å². The van der Waals surface area contributed by atoms with Gasteiger partial charge >= 0.3 is 0 Å². The van der Waals surface area contributed by atoms with Crippen LogP contribution < -0.4 is 5.32 Å². The summed E-state index contributed by atoms with van der Waals surface area (Å²) in [6.45, 7) is 12.4. The van der Waals surface area contributed by atoms with Crippen LogP contribution in [-0.2, 0) is 0 Å². The fraction of sp³-hybridized carbons (Fsp3) is 0.643. The maximum absolute atomic E-state index is 4.04. The Kier molecular flexibility index (Phi) is 4.48. The number of rotatable bonds is 5. The summed E-state index contributed by atoms with van der Waals surface area (Å²) in [7, 11) is 0. The molecule has 0 bridgehead atoms. The first-order valence-corrected chi connectivity index (χ1v) is 6.07. The zero-order chi connectivity index (χ0) is 12.2. The summed E-state index contributed by atoms with van der Waals surface area (Å²) in [6.07, 6.45) is 3.70. The molecular weight excluding hydrogens is 196 g/mol. The quantitative estimate of drug-likeness (QED) is 0.822. The summed E-state index contributed by atoms with van der Waals surface area (Å²) >= 11 is 0. The Balaban J connectivity index is 2.51. The van der Waals surface area contributed by atoms with Gasteiger partial charge in [0.1, 0.15) is 0 Å². The maximum atomic E-state index is 4.04. The van der Waals surface area contributed by atoms with Crippen LogP contribution in [0.2, 0.25) is 0 Å². The maximum Gasteiger partial charge on any atom is 0.0293 e. The minimum absolute atomic E-state index is 0.335. The average Bonchev–Trinajstić information content (AvgIpc) is 2.27. The van der Waals surface area contributed by atoms with Crippen molar-refractivity contribution < 1.29 is 0 Å². The van der Waals surface area contributed by atoms with Crippen LogP contribution in [0.15, 0.2) is 24.5 Å². The Morgan fingerprint density at radius 3 is 2.25 bits per heavy atom. The van der Waals surface area contributed by atoms with Crippen molar-refractivity contribution >= 4 is 0 Å². The molecule has 1 aromatic rings. The van der Waals surface area contributed by atoms with Crippen molar-refractivity contribution in [3.63, 3.8) is 0 Å². The Bertz CT molecular complexity index is 304. The molecule has 0 saturated carbocycles. The van der Waals surface area contributed by atoms with Gasteiger partial charge < -0.3 is 5.32 Å². The van der Waals surface area contributed by atoms with Gasteiger partial charge in [-0.1, -0.05) is 27.7 Å². The topological polar surface area (TPSA) is 24.9 Å². The second-order valence-electron chi connectivity index (χ2n) is 5.53. The first-order valence-electron chi connectivity index (χ1n) is 6.07. The van der Waals surface area contributed by atoms with Crippen molar-refractivity contribution in [2.45, 2.75) is 40.7 Å².